The van der Waals surface area contributed by atoms with Gasteiger partial charge in [-0.05, 0) is 51.4 Å². The molecule has 0 spiro atoms. The van der Waals surface area contributed by atoms with E-state index in [1.165, 1.54) is 0 Å². The molecule has 144 valence electrons. The molecule has 0 aromatic heterocycles. The molecule has 0 bridgehead atoms. The van der Waals surface area contributed by atoms with E-state index in [1.54, 1.807) is 24.3 Å². The number of aryl methyl sites for hydroxylation is 1. The molecule has 1 unspecified atom stereocenters. The SMILES string of the molecule is CNCCCNC(=O)C(CC(C)C)NS(=O)(=O)c1ccc(C)cc1.Cl. The number of amides is 1. The van der Waals surface area contributed by atoms with Gasteiger partial charge in [-0.15, -0.1) is 12.4 Å². The van der Waals surface area contributed by atoms with Crippen LogP contribution in [0.4, 0.5) is 0 Å². The van der Waals surface area contributed by atoms with E-state index in [2.05, 4.69) is 15.4 Å². The Kier molecular flexibility index (Phi) is 10.9. The Morgan fingerprint density at radius 1 is 1.12 bits per heavy atom. The Balaban J connectivity index is 0.00000576. The first kappa shape index (κ1) is 23.9. The van der Waals surface area contributed by atoms with Gasteiger partial charge in [-0.1, -0.05) is 31.5 Å². The highest BCUT2D eigenvalue weighted by molar-refractivity contribution is 7.89. The molecule has 0 saturated heterocycles. The van der Waals surface area contributed by atoms with E-state index in [1.807, 2.05) is 27.8 Å². The van der Waals surface area contributed by atoms with Crippen LogP contribution >= 0.6 is 12.4 Å². The van der Waals surface area contributed by atoms with Gasteiger partial charge in [0.15, 0.2) is 0 Å². The summed E-state index contributed by atoms with van der Waals surface area (Å²) in [6.45, 7) is 7.12. The standard InChI is InChI=1S/C17H29N3O3S.ClH/c1-13(2)12-16(17(21)19-11-5-10-18-4)20-24(22,23)15-8-6-14(3)7-9-15;/h6-9,13,16,18,20H,5,10-12H2,1-4H3,(H,19,21);1H. The highest BCUT2D eigenvalue weighted by Gasteiger charge is 2.26. The predicted molar refractivity (Wildman–Crippen MR) is 104 cm³/mol. The number of carbonyl (C=O) groups is 1. The summed E-state index contributed by atoms with van der Waals surface area (Å²) in [6, 6.07) is 5.81. The van der Waals surface area contributed by atoms with Crippen LogP contribution in [-0.2, 0) is 14.8 Å². The lowest BCUT2D eigenvalue weighted by atomic mass is 10.0. The van der Waals surface area contributed by atoms with Crippen molar-refractivity contribution in [3.8, 4) is 0 Å². The smallest absolute Gasteiger partial charge is 0.241 e. The maximum Gasteiger partial charge on any atom is 0.241 e. The maximum absolute atomic E-state index is 12.5. The number of hydrogen-bond donors (Lipinski definition) is 3. The van der Waals surface area contributed by atoms with Gasteiger partial charge >= 0.3 is 0 Å². The Labute approximate surface area is 157 Å². The number of hydrogen-bond acceptors (Lipinski definition) is 4. The Morgan fingerprint density at radius 2 is 1.72 bits per heavy atom. The second kappa shape index (κ2) is 11.5. The van der Waals surface area contributed by atoms with Crippen molar-refractivity contribution >= 4 is 28.3 Å². The topological polar surface area (TPSA) is 87.3 Å². The molecule has 1 aromatic carbocycles. The van der Waals surface area contributed by atoms with Crippen molar-refractivity contribution in [1.82, 2.24) is 15.4 Å². The van der Waals surface area contributed by atoms with Crippen LogP contribution < -0.4 is 15.4 Å². The van der Waals surface area contributed by atoms with Gasteiger partial charge in [-0.25, -0.2) is 8.42 Å². The molecule has 6 nitrogen and oxygen atoms in total. The van der Waals surface area contributed by atoms with Crippen molar-refractivity contribution in [3.63, 3.8) is 0 Å². The zero-order valence-electron chi connectivity index (χ0n) is 15.3. The molecule has 0 saturated carbocycles. The van der Waals surface area contributed by atoms with Crippen LogP contribution in [0.2, 0.25) is 0 Å². The van der Waals surface area contributed by atoms with Gasteiger partial charge in [0.2, 0.25) is 15.9 Å². The van der Waals surface area contributed by atoms with Crippen LogP contribution in [0.25, 0.3) is 0 Å². The largest absolute Gasteiger partial charge is 0.355 e. The average Bonchev–Trinajstić information content (AvgIpc) is 2.50. The minimum Gasteiger partial charge on any atom is -0.355 e. The van der Waals surface area contributed by atoms with Crippen LogP contribution in [-0.4, -0.2) is 40.5 Å². The Hall–Kier alpha value is -1.15. The number of halogens is 1. The minimum atomic E-state index is -3.73. The van der Waals surface area contributed by atoms with E-state index in [4.69, 9.17) is 0 Å². The molecule has 25 heavy (non-hydrogen) atoms. The number of nitrogens with one attached hydrogen (secondary N) is 3. The fourth-order valence-electron chi connectivity index (χ4n) is 2.25. The molecule has 1 rings (SSSR count). The van der Waals surface area contributed by atoms with Crippen LogP contribution in [0.3, 0.4) is 0 Å². The molecule has 0 aliphatic heterocycles. The first-order valence-corrected chi connectivity index (χ1v) is 9.76. The molecule has 8 heteroatoms. The van der Waals surface area contributed by atoms with Crippen LogP contribution in [0.1, 0.15) is 32.3 Å². The summed E-state index contributed by atoms with van der Waals surface area (Å²) in [6.07, 6.45) is 1.24. The summed E-state index contributed by atoms with van der Waals surface area (Å²) in [4.78, 5) is 12.5. The summed E-state index contributed by atoms with van der Waals surface area (Å²) in [7, 11) is -1.88. The zero-order valence-corrected chi connectivity index (χ0v) is 17.0. The fourth-order valence-corrected chi connectivity index (χ4v) is 3.46. The molecular formula is C17H30ClN3O3S. The highest BCUT2D eigenvalue weighted by atomic mass is 35.5. The van der Waals surface area contributed by atoms with Crippen molar-refractivity contribution in [1.29, 1.82) is 0 Å². The summed E-state index contributed by atoms with van der Waals surface area (Å²) >= 11 is 0. The third kappa shape index (κ3) is 8.67. The second-order valence-corrected chi connectivity index (χ2v) is 8.08. The van der Waals surface area contributed by atoms with Crippen molar-refractivity contribution in [3.05, 3.63) is 29.8 Å². The molecule has 3 N–H and O–H groups in total. The van der Waals surface area contributed by atoms with Gasteiger partial charge in [-0.3, -0.25) is 4.79 Å². The summed E-state index contributed by atoms with van der Waals surface area (Å²) in [5, 5.41) is 5.80. The predicted octanol–water partition coefficient (Wildman–Crippen LogP) is 1.84. The first-order valence-electron chi connectivity index (χ1n) is 8.27. The lowest BCUT2D eigenvalue weighted by molar-refractivity contribution is -0.123. The molecule has 0 aliphatic carbocycles. The van der Waals surface area contributed by atoms with E-state index < -0.39 is 16.1 Å². The molecule has 1 aromatic rings. The zero-order chi connectivity index (χ0) is 18.2. The average molecular weight is 392 g/mol. The number of sulfonamides is 1. The van der Waals surface area contributed by atoms with Crippen molar-refractivity contribution in [2.24, 2.45) is 5.92 Å². The van der Waals surface area contributed by atoms with E-state index in [9.17, 15) is 13.2 Å². The lowest BCUT2D eigenvalue weighted by Crippen LogP contribution is -2.47. The van der Waals surface area contributed by atoms with Gasteiger partial charge in [0, 0.05) is 6.54 Å². The second-order valence-electron chi connectivity index (χ2n) is 6.36. The minimum absolute atomic E-state index is 0. The van der Waals surface area contributed by atoms with Crippen LogP contribution in [0.15, 0.2) is 29.2 Å². The monoisotopic (exact) mass is 391 g/mol. The number of rotatable bonds is 10. The van der Waals surface area contributed by atoms with Gasteiger partial charge in [0.1, 0.15) is 6.04 Å². The Morgan fingerprint density at radius 3 is 2.24 bits per heavy atom. The molecule has 1 atom stereocenters. The molecule has 0 fully saturated rings. The highest BCUT2D eigenvalue weighted by Crippen LogP contribution is 2.13. The summed E-state index contributed by atoms with van der Waals surface area (Å²) < 4.78 is 27.6. The normalized spacial score (nSPS) is 12.5. The molecule has 0 heterocycles. The molecular weight excluding hydrogens is 362 g/mol. The van der Waals surface area contributed by atoms with Crippen molar-refractivity contribution < 1.29 is 13.2 Å². The third-order valence-corrected chi connectivity index (χ3v) is 5.04. The molecule has 0 radical (unpaired) electrons. The van der Waals surface area contributed by atoms with Crippen LogP contribution in [0, 0.1) is 12.8 Å². The summed E-state index contributed by atoms with van der Waals surface area (Å²) in [5.41, 5.74) is 0.981. The maximum atomic E-state index is 12.5. The van der Waals surface area contributed by atoms with Crippen LogP contribution in [0.5, 0.6) is 0 Å². The lowest BCUT2D eigenvalue weighted by Gasteiger charge is -2.20. The fraction of sp³-hybridized carbons (Fsp3) is 0.588. The Bertz CT molecular complexity index is 619. The van der Waals surface area contributed by atoms with Crippen molar-refractivity contribution in [2.45, 2.75) is 44.6 Å². The van der Waals surface area contributed by atoms with Gasteiger partial charge < -0.3 is 10.6 Å². The van der Waals surface area contributed by atoms with E-state index in [0.29, 0.717) is 13.0 Å². The third-order valence-electron chi connectivity index (χ3n) is 3.56. The number of benzene rings is 1. The van der Waals surface area contributed by atoms with Gasteiger partial charge in [0.25, 0.3) is 0 Å². The molecule has 0 aliphatic rings. The van der Waals surface area contributed by atoms with E-state index >= 15 is 0 Å². The van der Waals surface area contributed by atoms with Crippen molar-refractivity contribution in [2.75, 3.05) is 20.1 Å². The first-order chi connectivity index (χ1) is 11.3. The summed E-state index contributed by atoms with van der Waals surface area (Å²) in [5.74, 6) is -0.0886. The van der Waals surface area contributed by atoms with Gasteiger partial charge in [-0.2, -0.15) is 4.72 Å². The number of carbonyl (C=O) groups excluding carboxylic acids is 1. The molecule has 1 amide bonds. The van der Waals surface area contributed by atoms with E-state index in [-0.39, 0.29) is 29.1 Å². The van der Waals surface area contributed by atoms with Gasteiger partial charge in [0.05, 0.1) is 4.90 Å². The quantitative estimate of drug-likeness (QED) is 0.531. The van der Waals surface area contributed by atoms with E-state index in [0.717, 1.165) is 18.5 Å².